The Morgan fingerprint density at radius 1 is 0.800 bits per heavy atom. The SMILES string of the molecule is C[Si](C)(C)C#CC(OC(=O)c1ccccc1)c1ccccc1C#Cc1ccccc1. The van der Waals surface area contributed by atoms with Crippen LogP contribution in [0.4, 0.5) is 0 Å². The lowest BCUT2D eigenvalue weighted by molar-refractivity contribution is 0.0407. The van der Waals surface area contributed by atoms with Crippen LogP contribution in [0.3, 0.4) is 0 Å². The topological polar surface area (TPSA) is 26.3 Å². The molecule has 0 bridgehead atoms. The summed E-state index contributed by atoms with van der Waals surface area (Å²) in [6.07, 6.45) is -0.675. The van der Waals surface area contributed by atoms with Crippen LogP contribution in [-0.4, -0.2) is 14.0 Å². The number of ether oxygens (including phenoxy) is 1. The van der Waals surface area contributed by atoms with Gasteiger partial charge in [0.05, 0.1) is 5.56 Å². The third-order valence-corrected chi connectivity index (χ3v) is 5.07. The molecule has 3 aromatic rings. The van der Waals surface area contributed by atoms with Crippen LogP contribution in [0.2, 0.25) is 19.6 Å². The smallest absolute Gasteiger partial charge is 0.339 e. The minimum atomic E-state index is -1.66. The summed E-state index contributed by atoms with van der Waals surface area (Å²) in [5.74, 6) is 9.23. The van der Waals surface area contributed by atoms with Gasteiger partial charge in [-0.1, -0.05) is 92.0 Å². The molecule has 1 unspecified atom stereocenters. The van der Waals surface area contributed by atoms with E-state index in [0.29, 0.717) is 5.56 Å². The van der Waals surface area contributed by atoms with E-state index in [1.807, 2.05) is 72.8 Å². The Labute approximate surface area is 179 Å². The second-order valence-corrected chi connectivity index (χ2v) is 12.6. The maximum atomic E-state index is 12.7. The van der Waals surface area contributed by atoms with Crippen LogP contribution in [0.25, 0.3) is 0 Å². The van der Waals surface area contributed by atoms with Gasteiger partial charge in [-0.3, -0.25) is 0 Å². The summed E-state index contributed by atoms with van der Waals surface area (Å²) >= 11 is 0. The fourth-order valence-corrected chi connectivity index (χ4v) is 3.27. The summed E-state index contributed by atoms with van der Waals surface area (Å²) in [4.78, 5) is 12.7. The highest BCUT2D eigenvalue weighted by Crippen LogP contribution is 2.23. The third kappa shape index (κ3) is 6.24. The number of carbonyl (C=O) groups excluding carboxylic acids is 1. The first-order valence-corrected chi connectivity index (χ1v) is 13.4. The fraction of sp³-hybridized carbons (Fsp3) is 0.148. The molecule has 0 aliphatic heterocycles. The summed E-state index contributed by atoms with van der Waals surface area (Å²) in [5, 5.41) is 0. The Balaban J connectivity index is 1.98. The first kappa shape index (κ1) is 21.2. The van der Waals surface area contributed by atoms with E-state index in [0.717, 1.165) is 16.7 Å². The zero-order valence-electron chi connectivity index (χ0n) is 17.5. The quantitative estimate of drug-likeness (QED) is 0.308. The van der Waals surface area contributed by atoms with E-state index in [9.17, 15) is 4.79 Å². The van der Waals surface area contributed by atoms with Crippen molar-refractivity contribution in [1.29, 1.82) is 0 Å². The molecule has 0 saturated carbocycles. The van der Waals surface area contributed by atoms with Crippen LogP contribution in [-0.2, 0) is 4.74 Å². The van der Waals surface area contributed by atoms with Crippen molar-refractivity contribution in [1.82, 2.24) is 0 Å². The minimum absolute atomic E-state index is 0.392. The molecular weight excluding hydrogens is 384 g/mol. The largest absolute Gasteiger partial charge is 0.441 e. The molecule has 0 spiro atoms. The Hall–Kier alpha value is -3.53. The molecule has 0 aliphatic rings. The van der Waals surface area contributed by atoms with Crippen molar-refractivity contribution in [2.24, 2.45) is 0 Å². The first-order valence-electron chi connectivity index (χ1n) is 9.87. The molecule has 0 amide bonds. The van der Waals surface area contributed by atoms with E-state index >= 15 is 0 Å². The lowest BCUT2D eigenvalue weighted by Gasteiger charge is -2.16. The van der Waals surface area contributed by atoms with Gasteiger partial charge in [-0.25, -0.2) is 4.79 Å². The maximum Gasteiger partial charge on any atom is 0.339 e. The molecule has 3 rings (SSSR count). The number of hydrogen-bond donors (Lipinski definition) is 0. The zero-order chi connectivity index (χ0) is 21.4. The average Bonchev–Trinajstić information content (AvgIpc) is 2.76. The van der Waals surface area contributed by atoms with Crippen molar-refractivity contribution < 1.29 is 9.53 Å². The van der Waals surface area contributed by atoms with Gasteiger partial charge in [-0.05, 0) is 30.3 Å². The molecule has 3 heteroatoms. The van der Waals surface area contributed by atoms with E-state index in [-0.39, 0.29) is 0 Å². The van der Waals surface area contributed by atoms with Gasteiger partial charge in [0.2, 0.25) is 0 Å². The highest BCUT2D eigenvalue weighted by atomic mass is 28.3. The Morgan fingerprint density at radius 2 is 1.40 bits per heavy atom. The van der Waals surface area contributed by atoms with Gasteiger partial charge in [-0.15, -0.1) is 5.54 Å². The van der Waals surface area contributed by atoms with E-state index in [4.69, 9.17) is 4.74 Å². The molecule has 3 aromatic carbocycles. The van der Waals surface area contributed by atoms with Crippen molar-refractivity contribution >= 4 is 14.0 Å². The van der Waals surface area contributed by atoms with E-state index in [1.54, 1.807) is 12.1 Å². The number of benzene rings is 3. The van der Waals surface area contributed by atoms with Crippen LogP contribution >= 0.6 is 0 Å². The molecule has 0 fully saturated rings. The average molecular weight is 409 g/mol. The summed E-state index contributed by atoms with van der Waals surface area (Å²) < 4.78 is 5.85. The van der Waals surface area contributed by atoms with Crippen molar-refractivity contribution in [2.45, 2.75) is 25.7 Å². The third-order valence-electron chi connectivity index (χ3n) is 4.17. The molecule has 0 saturated heterocycles. The van der Waals surface area contributed by atoms with Crippen molar-refractivity contribution in [3.05, 3.63) is 107 Å². The van der Waals surface area contributed by atoms with Crippen LogP contribution in [0, 0.1) is 23.3 Å². The lowest BCUT2D eigenvalue weighted by Crippen LogP contribution is -2.18. The summed E-state index contributed by atoms with van der Waals surface area (Å²) in [6, 6.07) is 26.5. The van der Waals surface area contributed by atoms with E-state index in [1.165, 1.54) is 0 Å². The molecule has 30 heavy (non-hydrogen) atoms. The maximum absolute atomic E-state index is 12.7. The normalized spacial score (nSPS) is 11.3. The molecule has 148 valence electrons. The number of hydrogen-bond acceptors (Lipinski definition) is 2. The molecule has 0 aliphatic carbocycles. The zero-order valence-corrected chi connectivity index (χ0v) is 18.5. The Bertz CT molecular complexity index is 1120. The first-order chi connectivity index (χ1) is 14.4. The lowest BCUT2D eigenvalue weighted by atomic mass is 10.0. The van der Waals surface area contributed by atoms with Gasteiger partial charge in [0.15, 0.2) is 6.10 Å². The molecule has 2 nitrogen and oxygen atoms in total. The summed E-state index contributed by atoms with van der Waals surface area (Å²) in [7, 11) is -1.66. The van der Waals surface area contributed by atoms with E-state index in [2.05, 4.69) is 42.9 Å². The summed E-state index contributed by atoms with van der Waals surface area (Å²) in [5.41, 5.74) is 6.38. The Morgan fingerprint density at radius 3 is 2.07 bits per heavy atom. The van der Waals surface area contributed by atoms with Crippen molar-refractivity contribution in [3.8, 4) is 23.3 Å². The number of carbonyl (C=O) groups is 1. The van der Waals surface area contributed by atoms with Gasteiger partial charge >= 0.3 is 5.97 Å². The van der Waals surface area contributed by atoms with Gasteiger partial charge in [0.1, 0.15) is 8.07 Å². The fourth-order valence-electron chi connectivity index (χ4n) is 2.70. The van der Waals surface area contributed by atoms with Crippen LogP contribution in [0.15, 0.2) is 84.9 Å². The molecule has 0 radical (unpaired) electrons. The highest BCUT2D eigenvalue weighted by molar-refractivity contribution is 6.83. The van der Waals surface area contributed by atoms with Crippen molar-refractivity contribution in [2.75, 3.05) is 0 Å². The second kappa shape index (κ2) is 9.79. The van der Waals surface area contributed by atoms with E-state index < -0.39 is 20.1 Å². The van der Waals surface area contributed by atoms with Gasteiger partial charge < -0.3 is 4.74 Å². The monoisotopic (exact) mass is 408 g/mol. The van der Waals surface area contributed by atoms with Crippen LogP contribution in [0.5, 0.6) is 0 Å². The van der Waals surface area contributed by atoms with Gasteiger partial charge in [0.25, 0.3) is 0 Å². The number of rotatable bonds is 3. The standard InChI is InChI=1S/C27H24O2Si/c1-30(2,3)21-20-26(29-27(28)24-15-8-5-9-16-24)25-17-11-10-14-23(25)19-18-22-12-6-4-7-13-22/h4-17,26H,1-3H3. The highest BCUT2D eigenvalue weighted by Gasteiger charge is 2.19. The second-order valence-electron chi connectivity index (χ2n) is 7.87. The molecule has 0 N–H and O–H groups in total. The molecular formula is C27H24O2Si. The Kier molecular flexibility index (Phi) is 6.91. The predicted molar refractivity (Wildman–Crippen MR) is 125 cm³/mol. The van der Waals surface area contributed by atoms with Crippen LogP contribution < -0.4 is 0 Å². The summed E-state index contributed by atoms with van der Waals surface area (Å²) in [6.45, 7) is 6.49. The number of esters is 1. The molecule has 0 heterocycles. The van der Waals surface area contributed by atoms with Crippen molar-refractivity contribution in [3.63, 3.8) is 0 Å². The van der Waals surface area contributed by atoms with Gasteiger partial charge in [0, 0.05) is 16.7 Å². The molecule has 0 aromatic heterocycles. The predicted octanol–water partition coefficient (Wildman–Crippen LogP) is 5.87. The molecule has 1 atom stereocenters. The minimum Gasteiger partial charge on any atom is -0.441 e. The van der Waals surface area contributed by atoms with Crippen LogP contribution in [0.1, 0.15) is 33.2 Å². The van der Waals surface area contributed by atoms with Gasteiger partial charge in [-0.2, -0.15) is 0 Å².